The Labute approximate surface area is 126 Å². The number of para-hydroxylation sites is 1. The average Bonchev–Trinajstić information content (AvgIpc) is 2.49. The van der Waals surface area contributed by atoms with Crippen molar-refractivity contribution in [2.24, 2.45) is 0 Å². The van der Waals surface area contributed by atoms with Gasteiger partial charge < -0.3 is 15.8 Å². The summed E-state index contributed by atoms with van der Waals surface area (Å²) >= 11 is 0. The fourth-order valence-corrected chi connectivity index (χ4v) is 2.43. The third-order valence-electron chi connectivity index (χ3n) is 3.34. The largest absolute Gasteiger partial charge is 0.494 e. The second kappa shape index (κ2) is 7.09. The molecule has 21 heavy (non-hydrogen) atoms. The number of nitrogens with two attached hydrogens (primary N) is 1. The van der Waals surface area contributed by atoms with Crippen LogP contribution in [0.5, 0.6) is 5.75 Å². The van der Waals surface area contributed by atoms with Crippen LogP contribution in [0.1, 0.15) is 36.6 Å². The number of rotatable bonds is 6. The van der Waals surface area contributed by atoms with Gasteiger partial charge in [0, 0.05) is 17.3 Å². The minimum Gasteiger partial charge on any atom is -0.494 e. The molecule has 0 spiro atoms. The molecule has 1 unspecified atom stereocenters. The van der Waals surface area contributed by atoms with Crippen molar-refractivity contribution >= 4 is 5.82 Å². The molecular formula is C17H23N3O. The van der Waals surface area contributed by atoms with Gasteiger partial charge in [-0.15, -0.1) is 0 Å². The molecule has 0 radical (unpaired) electrons. The first-order valence-corrected chi connectivity index (χ1v) is 7.34. The van der Waals surface area contributed by atoms with Gasteiger partial charge in [0.15, 0.2) is 0 Å². The average molecular weight is 285 g/mol. The van der Waals surface area contributed by atoms with E-state index < -0.39 is 0 Å². The summed E-state index contributed by atoms with van der Waals surface area (Å²) in [6, 6.07) is 10.1. The lowest BCUT2D eigenvalue weighted by Gasteiger charge is -2.23. The summed E-state index contributed by atoms with van der Waals surface area (Å²) in [5.41, 5.74) is 9.26. The van der Waals surface area contributed by atoms with E-state index in [4.69, 9.17) is 10.5 Å². The van der Waals surface area contributed by atoms with Gasteiger partial charge >= 0.3 is 0 Å². The number of nitrogen functional groups attached to an aromatic ring is 1. The van der Waals surface area contributed by atoms with Crippen molar-refractivity contribution in [1.82, 2.24) is 10.3 Å². The van der Waals surface area contributed by atoms with E-state index in [1.807, 2.05) is 32.0 Å². The molecule has 0 amide bonds. The van der Waals surface area contributed by atoms with Gasteiger partial charge in [0.25, 0.3) is 0 Å². The highest BCUT2D eigenvalue weighted by Crippen LogP contribution is 2.32. The molecule has 0 fully saturated rings. The molecule has 4 nitrogen and oxygen atoms in total. The van der Waals surface area contributed by atoms with Crippen molar-refractivity contribution in [2.45, 2.75) is 26.8 Å². The number of anilines is 1. The Morgan fingerprint density at radius 1 is 1.24 bits per heavy atom. The number of aromatic nitrogens is 1. The summed E-state index contributed by atoms with van der Waals surface area (Å²) in [6.07, 6.45) is 1.79. The van der Waals surface area contributed by atoms with E-state index in [9.17, 15) is 0 Å². The molecular weight excluding hydrogens is 262 g/mol. The molecule has 0 aliphatic heterocycles. The Kier molecular flexibility index (Phi) is 5.17. The molecule has 112 valence electrons. The first-order chi connectivity index (χ1) is 10.2. The number of nitrogens with one attached hydrogen (secondary N) is 1. The van der Waals surface area contributed by atoms with Gasteiger partial charge in [-0.25, -0.2) is 4.98 Å². The van der Waals surface area contributed by atoms with Crippen LogP contribution in [0.2, 0.25) is 0 Å². The molecule has 3 N–H and O–H groups in total. The minimum absolute atomic E-state index is 0.0230. The van der Waals surface area contributed by atoms with Crippen molar-refractivity contribution in [3.05, 3.63) is 53.2 Å². The third-order valence-corrected chi connectivity index (χ3v) is 3.34. The zero-order valence-electron chi connectivity index (χ0n) is 12.9. The number of hydrogen-bond acceptors (Lipinski definition) is 4. The number of nitrogens with zero attached hydrogens (tertiary/aromatic N) is 1. The zero-order chi connectivity index (χ0) is 15.2. The molecule has 0 bridgehead atoms. The Bertz CT molecular complexity index is 598. The predicted octanol–water partition coefficient (Wildman–Crippen LogP) is 3.07. The molecule has 1 heterocycles. The van der Waals surface area contributed by atoms with Gasteiger partial charge in [-0.2, -0.15) is 0 Å². The Balaban J connectivity index is 2.50. The highest BCUT2D eigenvalue weighted by atomic mass is 16.5. The Morgan fingerprint density at radius 3 is 2.71 bits per heavy atom. The maximum Gasteiger partial charge on any atom is 0.128 e. The highest BCUT2D eigenvalue weighted by Gasteiger charge is 2.20. The third kappa shape index (κ3) is 3.52. The number of benzene rings is 1. The lowest BCUT2D eigenvalue weighted by molar-refractivity contribution is 0.333. The fraction of sp³-hybridized carbons (Fsp3) is 0.353. The summed E-state index contributed by atoms with van der Waals surface area (Å²) in [7, 11) is 0. The van der Waals surface area contributed by atoms with Crippen molar-refractivity contribution in [3.63, 3.8) is 0 Å². The first-order valence-electron chi connectivity index (χ1n) is 7.34. The molecule has 0 saturated heterocycles. The lowest BCUT2D eigenvalue weighted by atomic mass is 9.97. The summed E-state index contributed by atoms with van der Waals surface area (Å²) in [6.45, 7) is 7.56. The number of pyridine rings is 1. The SMILES string of the molecule is CCNC(c1ccccc1OCC)c1cc(C)cnc1N. The van der Waals surface area contributed by atoms with E-state index >= 15 is 0 Å². The lowest BCUT2D eigenvalue weighted by Crippen LogP contribution is -2.24. The second-order valence-corrected chi connectivity index (χ2v) is 4.95. The van der Waals surface area contributed by atoms with Crippen LogP contribution in [0.15, 0.2) is 36.5 Å². The van der Waals surface area contributed by atoms with Crippen molar-refractivity contribution in [1.29, 1.82) is 0 Å². The quantitative estimate of drug-likeness (QED) is 0.856. The summed E-state index contributed by atoms with van der Waals surface area (Å²) in [5.74, 6) is 1.43. The van der Waals surface area contributed by atoms with E-state index in [-0.39, 0.29) is 6.04 Å². The minimum atomic E-state index is -0.0230. The van der Waals surface area contributed by atoms with Crippen molar-refractivity contribution in [3.8, 4) is 5.75 Å². The molecule has 0 aliphatic carbocycles. The van der Waals surface area contributed by atoms with E-state index in [0.717, 1.165) is 29.0 Å². The van der Waals surface area contributed by atoms with Crippen LogP contribution in [0.4, 0.5) is 5.82 Å². The normalized spacial score (nSPS) is 12.1. The van der Waals surface area contributed by atoms with Gasteiger partial charge in [0.2, 0.25) is 0 Å². The van der Waals surface area contributed by atoms with E-state index in [2.05, 4.69) is 29.4 Å². The molecule has 0 saturated carbocycles. The summed E-state index contributed by atoms with van der Waals surface area (Å²) in [4.78, 5) is 4.28. The molecule has 1 atom stereocenters. The standard InChI is InChI=1S/C17H23N3O/c1-4-19-16(14-10-12(3)11-20-17(14)18)13-8-6-7-9-15(13)21-5-2/h6-11,16,19H,4-5H2,1-3H3,(H2,18,20). The van der Waals surface area contributed by atoms with Crippen LogP contribution >= 0.6 is 0 Å². The van der Waals surface area contributed by atoms with Gasteiger partial charge in [0.05, 0.1) is 12.6 Å². The predicted molar refractivity (Wildman–Crippen MR) is 86.5 cm³/mol. The van der Waals surface area contributed by atoms with Crippen LogP contribution in [-0.4, -0.2) is 18.1 Å². The second-order valence-electron chi connectivity index (χ2n) is 4.95. The molecule has 0 aliphatic rings. The van der Waals surface area contributed by atoms with Crippen molar-refractivity contribution in [2.75, 3.05) is 18.9 Å². The van der Waals surface area contributed by atoms with E-state index in [1.54, 1.807) is 6.20 Å². The van der Waals surface area contributed by atoms with Crippen LogP contribution in [0.3, 0.4) is 0 Å². The van der Waals surface area contributed by atoms with Crippen molar-refractivity contribution < 1.29 is 4.74 Å². The number of aryl methyl sites for hydroxylation is 1. The van der Waals surface area contributed by atoms with Gasteiger partial charge in [-0.1, -0.05) is 25.1 Å². The van der Waals surface area contributed by atoms with E-state index in [0.29, 0.717) is 12.4 Å². The monoisotopic (exact) mass is 285 g/mol. The molecule has 2 aromatic rings. The summed E-state index contributed by atoms with van der Waals surface area (Å²) in [5, 5.41) is 3.48. The van der Waals surface area contributed by atoms with Gasteiger partial charge in [-0.05, 0) is 38.1 Å². The van der Waals surface area contributed by atoms with E-state index in [1.165, 1.54) is 0 Å². The summed E-state index contributed by atoms with van der Waals surface area (Å²) < 4.78 is 5.75. The molecule has 2 rings (SSSR count). The first kappa shape index (κ1) is 15.3. The Morgan fingerprint density at radius 2 is 2.00 bits per heavy atom. The van der Waals surface area contributed by atoms with Crippen LogP contribution < -0.4 is 15.8 Å². The van der Waals surface area contributed by atoms with Gasteiger partial charge in [-0.3, -0.25) is 0 Å². The molecule has 1 aromatic heterocycles. The smallest absolute Gasteiger partial charge is 0.128 e. The van der Waals surface area contributed by atoms with Crippen LogP contribution in [-0.2, 0) is 0 Å². The van der Waals surface area contributed by atoms with Crippen LogP contribution in [0, 0.1) is 6.92 Å². The maximum atomic E-state index is 6.09. The van der Waals surface area contributed by atoms with Crippen LogP contribution in [0.25, 0.3) is 0 Å². The topological polar surface area (TPSA) is 60.2 Å². The van der Waals surface area contributed by atoms with Gasteiger partial charge in [0.1, 0.15) is 11.6 Å². The molecule has 4 heteroatoms. The Hall–Kier alpha value is -2.07. The zero-order valence-corrected chi connectivity index (χ0v) is 12.9. The maximum absolute atomic E-state index is 6.09. The molecule has 1 aromatic carbocycles. The highest BCUT2D eigenvalue weighted by molar-refractivity contribution is 5.50. The number of ether oxygens (including phenoxy) is 1. The number of hydrogen-bond donors (Lipinski definition) is 2. The fourth-order valence-electron chi connectivity index (χ4n) is 2.43.